The summed E-state index contributed by atoms with van der Waals surface area (Å²) in [7, 11) is -0.491. The number of carbonyl (C=O) groups excluding carboxylic acids is 2. The van der Waals surface area contributed by atoms with Gasteiger partial charge in [-0.1, -0.05) is 51.1 Å². The summed E-state index contributed by atoms with van der Waals surface area (Å²) in [6, 6.07) is 9.88. The number of carbonyl (C=O) groups is 2. The third-order valence-electron chi connectivity index (χ3n) is 9.28. The lowest BCUT2D eigenvalue weighted by Gasteiger charge is -2.64. The maximum absolute atomic E-state index is 13.6. The summed E-state index contributed by atoms with van der Waals surface area (Å²) in [6.07, 6.45) is 4.70. The number of likely N-dealkylation sites (N-methyl/N-ethyl adjacent to an activating group) is 1. The van der Waals surface area contributed by atoms with E-state index >= 15 is 0 Å². The second kappa shape index (κ2) is 12.4. The number of benzene rings is 1. The van der Waals surface area contributed by atoms with Crippen LogP contribution in [0.15, 0.2) is 30.3 Å². The predicted octanol–water partition coefficient (Wildman–Crippen LogP) is 4.65. The Hall–Kier alpha value is -2.10. The van der Waals surface area contributed by atoms with Crippen LogP contribution in [0.1, 0.15) is 86.1 Å². The third-order valence-corrected chi connectivity index (χ3v) is 9.28. The maximum Gasteiger partial charge on any atom is 0.482 e. The molecule has 1 aliphatic heterocycles. The van der Waals surface area contributed by atoms with Crippen molar-refractivity contribution in [2.75, 3.05) is 13.1 Å². The lowest BCUT2D eigenvalue weighted by Crippen LogP contribution is -2.65. The fraction of sp³-hybridized carbons (Fsp3) is 0.742. The van der Waals surface area contributed by atoms with Crippen molar-refractivity contribution >= 4 is 19.1 Å². The number of rotatable bonds is 12. The Balaban J connectivity index is 1.37. The van der Waals surface area contributed by atoms with Gasteiger partial charge < -0.3 is 30.0 Å². The highest BCUT2D eigenvalue weighted by Gasteiger charge is 2.68. The minimum Gasteiger partial charge on any atom is -0.444 e. The van der Waals surface area contributed by atoms with E-state index in [-0.39, 0.29) is 35.0 Å². The summed E-state index contributed by atoms with van der Waals surface area (Å²) in [4.78, 5) is 25.5. The molecule has 1 saturated heterocycles. The summed E-state index contributed by atoms with van der Waals surface area (Å²) < 4.78 is 18.7. The van der Waals surface area contributed by atoms with E-state index in [1.165, 1.54) is 6.42 Å². The normalized spacial score (nSPS) is 28.2. The molecule has 1 heterocycles. The molecule has 2 bridgehead atoms. The van der Waals surface area contributed by atoms with E-state index in [1.54, 1.807) is 0 Å². The average Bonchev–Trinajstić information content (AvgIpc) is 3.24. The van der Waals surface area contributed by atoms with Gasteiger partial charge in [-0.3, -0.25) is 4.79 Å². The zero-order valence-corrected chi connectivity index (χ0v) is 25.5. The van der Waals surface area contributed by atoms with Crippen LogP contribution in [0.5, 0.6) is 0 Å². The van der Waals surface area contributed by atoms with Gasteiger partial charge in [-0.25, -0.2) is 4.79 Å². The molecule has 0 unspecified atom stereocenters. The molecule has 4 fully saturated rings. The molecule has 3 N–H and O–H groups in total. The van der Waals surface area contributed by atoms with Crippen molar-refractivity contribution < 1.29 is 23.6 Å². The van der Waals surface area contributed by atoms with Gasteiger partial charge >= 0.3 is 13.2 Å². The van der Waals surface area contributed by atoms with Crippen molar-refractivity contribution in [2.45, 2.75) is 116 Å². The molecule has 1 aromatic carbocycles. The van der Waals surface area contributed by atoms with E-state index in [0.29, 0.717) is 37.8 Å². The highest BCUT2D eigenvalue weighted by molar-refractivity contribution is 6.48. The number of alkyl carbamates (subject to hydrolysis) is 1. The topological polar surface area (TPSA) is 97.9 Å². The van der Waals surface area contributed by atoms with Crippen LogP contribution >= 0.6 is 0 Å². The van der Waals surface area contributed by atoms with Gasteiger partial charge in [0.1, 0.15) is 5.60 Å². The number of nitrogens with one attached hydrogen (secondary N) is 3. The Kier molecular flexibility index (Phi) is 9.58. The number of amides is 2. The molecular formula is C31H50BN3O5. The van der Waals surface area contributed by atoms with Gasteiger partial charge in [-0.2, -0.15) is 0 Å². The van der Waals surface area contributed by atoms with Crippen molar-refractivity contribution in [1.82, 2.24) is 16.0 Å². The van der Waals surface area contributed by atoms with Crippen molar-refractivity contribution in [2.24, 2.45) is 17.3 Å². The van der Waals surface area contributed by atoms with Gasteiger partial charge in [0.25, 0.3) is 0 Å². The SMILES string of the molecule is CCN[C@@H](CCCCNC(=O)OC(C)(C)C)C(=O)N[C@@H](Cc1ccccc1)B1O[C@@H]2C[C@@H]3C[C@@H](C3(C)C)[C@]2(C)O1. The molecule has 9 heteroatoms. The molecular weight excluding hydrogens is 505 g/mol. The smallest absolute Gasteiger partial charge is 0.444 e. The predicted molar refractivity (Wildman–Crippen MR) is 158 cm³/mol. The first-order valence-corrected chi connectivity index (χ1v) is 15.2. The molecule has 222 valence electrons. The van der Waals surface area contributed by atoms with Crippen molar-refractivity contribution in [1.29, 1.82) is 0 Å². The van der Waals surface area contributed by atoms with Crippen molar-refractivity contribution in [3.05, 3.63) is 35.9 Å². The number of unbranched alkanes of at least 4 members (excludes halogenated alkanes) is 1. The zero-order valence-electron chi connectivity index (χ0n) is 25.5. The molecule has 3 saturated carbocycles. The van der Waals surface area contributed by atoms with Crippen LogP contribution in [0.2, 0.25) is 0 Å². The Labute approximate surface area is 241 Å². The Morgan fingerprint density at radius 2 is 1.85 bits per heavy atom. The molecule has 2 amide bonds. The Morgan fingerprint density at radius 1 is 1.12 bits per heavy atom. The number of hydrogen-bond donors (Lipinski definition) is 3. The quantitative estimate of drug-likeness (QED) is 0.257. The first kappa shape index (κ1) is 30.9. The molecule has 4 aliphatic rings. The molecule has 0 radical (unpaired) electrons. The van der Waals surface area contributed by atoms with E-state index < -0.39 is 18.8 Å². The van der Waals surface area contributed by atoms with Crippen LogP contribution in [-0.2, 0) is 25.3 Å². The molecule has 1 aromatic rings. The van der Waals surface area contributed by atoms with E-state index in [2.05, 4.69) is 48.9 Å². The summed E-state index contributed by atoms with van der Waals surface area (Å²) in [5, 5.41) is 9.46. The highest BCUT2D eigenvalue weighted by Crippen LogP contribution is 2.65. The number of hydrogen-bond acceptors (Lipinski definition) is 6. The van der Waals surface area contributed by atoms with Crippen LogP contribution in [0.25, 0.3) is 0 Å². The van der Waals surface area contributed by atoms with E-state index in [9.17, 15) is 9.59 Å². The Bertz CT molecular complexity index is 1020. The van der Waals surface area contributed by atoms with E-state index in [4.69, 9.17) is 14.0 Å². The summed E-state index contributed by atoms with van der Waals surface area (Å²) >= 11 is 0. The maximum atomic E-state index is 13.6. The summed E-state index contributed by atoms with van der Waals surface area (Å²) in [5.74, 6) is 0.793. The Morgan fingerprint density at radius 3 is 2.50 bits per heavy atom. The first-order chi connectivity index (χ1) is 18.8. The average molecular weight is 556 g/mol. The van der Waals surface area contributed by atoms with Gasteiger partial charge in [0.15, 0.2) is 0 Å². The van der Waals surface area contributed by atoms with E-state index in [0.717, 1.165) is 24.8 Å². The molecule has 5 rings (SSSR count). The number of ether oxygens (including phenoxy) is 1. The second-order valence-corrected chi connectivity index (χ2v) is 13.7. The van der Waals surface area contributed by atoms with Crippen molar-refractivity contribution in [3.8, 4) is 0 Å². The van der Waals surface area contributed by atoms with Crippen LogP contribution in [-0.4, -0.2) is 61.5 Å². The molecule has 0 spiro atoms. The minimum absolute atomic E-state index is 0.0419. The van der Waals surface area contributed by atoms with Gasteiger partial charge in [0, 0.05) is 6.54 Å². The van der Waals surface area contributed by atoms with Gasteiger partial charge in [0.05, 0.1) is 23.7 Å². The van der Waals surface area contributed by atoms with Crippen LogP contribution < -0.4 is 16.0 Å². The lowest BCUT2D eigenvalue weighted by molar-refractivity contribution is -0.199. The van der Waals surface area contributed by atoms with Gasteiger partial charge in [-0.15, -0.1) is 0 Å². The molecule has 8 nitrogen and oxygen atoms in total. The van der Waals surface area contributed by atoms with Crippen molar-refractivity contribution in [3.63, 3.8) is 0 Å². The fourth-order valence-electron chi connectivity index (χ4n) is 6.99. The van der Waals surface area contributed by atoms with Crippen LogP contribution in [0.3, 0.4) is 0 Å². The lowest BCUT2D eigenvalue weighted by atomic mass is 9.43. The van der Waals surface area contributed by atoms with Crippen LogP contribution in [0, 0.1) is 17.3 Å². The molecule has 40 heavy (non-hydrogen) atoms. The standard InChI is InChI=1S/C31H50BN3O5/c1-8-33-23(16-12-13-17-34-28(37)38-29(2,3)4)27(36)35-26(18-21-14-10-9-11-15-21)32-39-25-20-22-19-24(30(22,5)6)31(25,7)40-32/h9-11,14-15,22-26,33H,8,12-13,16-20H2,1-7H3,(H,34,37)(H,35,36)/t22-,23-,24-,25+,26-,31-/m0/s1. The van der Waals surface area contributed by atoms with Crippen LogP contribution in [0.4, 0.5) is 4.79 Å². The van der Waals surface area contributed by atoms with Gasteiger partial charge in [-0.05, 0) is 95.6 Å². The monoisotopic (exact) mass is 555 g/mol. The minimum atomic E-state index is -0.521. The van der Waals surface area contributed by atoms with Gasteiger partial charge in [0.2, 0.25) is 5.91 Å². The fourth-order valence-corrected chi connectivity index (χ4v) is 6.99. The largest absolute Gasteiger partial charge is 0.482 e. The zero-order chi connectivity index (χ0) is 29.1. The summed E-state index contributed by atoms with van der Waals surface area (Å²) in [5.41, 5.74) is 0.548. The second-order valence-electron chi connectivity index (χ2n) is 13.7. The molecule has 6 atom stereocenters. The molecule has 3 aliphatic carbocycles. The first-order valence-electron chi connectivity index (χ1n) is 15.2. The van der Waals surface area contributed by atoms with E-state index in [1.807, 2.05) is 45.9 Å². The summed E-state index contributed by atoms with van der Waals surface area (Å²) in [6.45, 7) is 15.7. The third kappa shape index (κ3) is 7.03. The highest BCUT2D eigenvalue weighted by atomic mass is 16.7. The molecule has 0 aromatic heterocycles.